The van der Waals surface area contributed by atoms with Gasteiger partial charge in [-0.2, -0.15) is 0 Å². The van der Waals surface area contributed by atoms with Crippen LogP contribution in [0.4, 0.5) is 5.69 Å². The lowest BCUT2D eigenvalue weighted by atomic mass is 10.0. The fourth-order valence-electron chi connectivity index (χ4n) is 2.57. The maximum Gasteiger partial charge on any atom is 0.338 e. The fourth-order valence-corrected chi connectivity index (χ4v) is 2.87. The minimum absolute atomic E-state index is 0.0960. The summed E-state index contributed by atoms with van der Waals surface area (Å²) < 4.78 is 4.97. The first kappa shape index (κ1) is 18.9. The smallest absolute Gasteiger partial charge is 0.338 e. The molecule has 0 radical (unpaired) electrons. The zero-order chi connectivity index (χ0) is 18.4. The Hall–Kier alpha value is -2.40. The van der Waals surface area contributed by atoms with Gasteiger partial charge in [0, 0.05) is 5.69 Å². The molecule has 0 amide bonds. The standard InChI is InChI=1S/C20H24N2O2S/c1-5-24-19(23)16-8-10-17(11-9-16)22-20(25)21-15(4)18-12-13(2)6-7-14(18)3/h6-12,15H,5H2,1-4H3,(H2,21,22,25). The van der Waals surface area contributed by atoms with E-state index in [1.807, 2.05) is 12.1 Å². The van der Waals surface area contributed by atoms with Gasteiger partial charge in [0.25, 0.3) is 0 Å². The highest BCUT2D eigenvalue weighted by Crippen LogP contribution is 2.19. The maximum absolute atomic E-state index is 11.7. The molecular weight excluding hydrogens is 332 g/mol. The van der Waals surface area contributed by atoms with Gasteiger partial charge in [-0.3, -0.25) is 0 Å². The second-order valence-corrected chi connectivity index (χ2v) is 6.39. The summed E-state index contributed by atoms with van der Waals surface area (Å²) in [7, 11) is 0. The molecule has 0 saturated carbocycles. The largest absolute Gasteiger partial charge is 0.462 e. The van der Waals surface area contributed by atoms with Crippen LogP contribution in [0.3, 0.4) is 0 Å². The molecular formula is C20H24N2O2S. The third-order valence-electron chi connectivity index (χ3n) is 3.90. The van der Waals surface area contributed by atoms with Crippen LogP contribution in [0.25, 0.3) is 0 Å². The van der Waals surface area contributed by atoms with Gasteiger partial charge >= 0.3 is 5.97 Å². The van der Waals surface area contributed by atoms with Crippen molar-refractivity contribution in [3.63, 3.8) is 0 Å². The van der Waals surface area contributed by atoms with Crippen LogP contribution in [0.5, 0.6) is 0 Å². The minimum atomic E-state index is -0.321. The molecule has 25 heavy (non-hydrogen) atoms. The molecule has 2 aromatic carbocycles. The highest BCUT2D eigenvalue weighted by atomic mass is 32.1. The van der Waals surface area contributed by atoms with Gasteiger partial charge in [-0.1, -0.05) is 23.8 Å². The van der Waals surface area contributed by atoms with Crippen molar-refractivity contribution < 1.29 is 9.53 Å². The van der Waals surface area contributed by atoms with Gasteiger partial charge < -0.3 is 15.4 Å². The van der Waals surface area contributed by atoms with E-state index in [0.29, 0.717) is 17.3 Å². The number of rotatable bonds is 5. The zero-order valence-corrected chi connectivity index (χ0v) is 15.9. The lowest BCUT2D eigenvalue weighted by Gasteiger charge is -2.19. The van der Waals surface area contributed by atoms with Gasteiger partial charge in [-0.15, -0.1) is 0 Å². The minimum Gasteiger partial charge on any atom is -0.462 e. The summed E-state index contributed by atoms with van der Waals surface area (Å²) in [4.78, 5) is 11.7. The van der Waals surface area contributed by atoms with Gasteiger partial charge in [0.2, 0.25) is 0 Å². The highest BCUT2D eigenvalue weighted by Gasteiger charge is 2.11. The Morgan fingerprint density at radius 3 is 2.48 bits per heavy atom. The number of benzene rings is 2. The summed E-state index contributed by atoms with van der Waals surface area (Å²) in [5, 5.41) is 6.98. The number of carbonyl (C=O) groups excluding carboxylic acids is 1. The Bertz CT molecular complexity index is 757. The number of esters is 1. The molecule has 1 unspecified atom stereocenters. The molecule has 0 aliphatic rings. The van der Waals surface area contributed by atoms with Crippen molar-refractivity contribution >= 4 is 29.0 Å². The Morgan fingerprint density at radius 2 is 1.84 bits per heavy atom. The average molecular weight is 356 g/mol. The summed E-state index contributed by atoms with van der Waals surface area (Å²) in [5.74, 6) is -0.321. The van der Waals surface area contributed by atoms with Gasteiger partial charge in [0.1, 0.15) is 0 Å². The molecule has 2 aromatic rings. The van der Waals surface area contributed by atoms with Crippen molar-refractivity contribution in [3.8, 4) is 0 Å². The number of nitrogens with one attached hydrogen (secondary N) is 2. The summed E-state index contributed by atoms with van der Waals surface area (Å²) in [6.45, 7) is 8.41. The second-order valence-electron chi connectivity index (χ2n) is 5.98. The van der Waals surface area contributed by atoms with Crippen LogP contribution in [-0.2, 0) is 4.74 Å². The number of ether oxygens (including phenoxy) is 1. The Morgan fingerprint density at radius 1 is 1.16 bits per heavy atom. The van der Waals surface area contributed by atoms with Crippen molar-refractivity contribution in [2.75, 3.05) is 11.9 Å². The van der Waals surface area contributed by atoms with Gasteiger partial charge in [-0.25, -0.2) is 4.79 Å². The third-order valence-corrected chi connectivity index (χ3v) is 4.12. The summed E-state index contributed by atoms with van der Waals surface area (Å²) in [5.41, 5.74) is 5.02. The lowest BCUT2D eigenvalue weighted by molar-refractivity contribution is 0.0526. The fraction of sp³-hybridized carbons (Fsp3) is 0.300. The van der Waals surface area contributed by atoms with Gasteiger partial charge in [-0.05, 0) is 75.3 Å². The molecule has 1 atom stereocenters. The molecule has 0 fully saturated rings. The van der Waals surface area contributed by atoms with Gasteiger partial charge in [0.15, 0.2) is 5.11 Å². The third kappa shape index (κ3) is 5.29. The molecule has 0 spiro atoms. The molecule has 0 saturated heterocycles. The van der Waals surface area contributed by atoms with Crippen LogP contribution < -0.4 is 10.6 Å². The molecule has 2 N–H and O–H groups in total. The highest BCUT2D eigenvalue weighted by molar-refractivity contribution is 7.80. The molecule has 0 heterocycles. The van der Waals surface area contributed by atoms with E-state index < -0.39 is 0 Å². The first-order chi connectivity index (χ1) is 11.9. The van der Waals surface area contributed by atoms with E-state index in [-0.39, 0.29) is 12.0 Å². The predicted octanol–water partition coefficient (Wildman–Crippen LogP) is 4.53. The Labute approximate surface area is 154 Å². The van der Waals surface area contributed by atoms with E-state index in [1.54, 1.807) is 19.1 Å². The van der Waals surface area contributed by atoms with E-state index in [0.717, 1.165) is 5.69 Å². The Balaban J connectivity index is 1.97. The maximum atomic E-state index is 11.7. The summed E-state index contributed by atoms with van der Waals surface area (Å²) >= 11 is 5.40. The lowest BCUT2D eigenvalue weighted by Crippen LogP contribution is -2.31. The first-order valence-electron chi connectivity index (χ1n) is 8.32. The number of aryl methyl sites for hydroxylation is 2. The summed E-state index contributed by atoms with van der Waals surface area (Å²) in [6.07, 6.45) is 0. The number of anilines is 1. The molecule has 2 rings (SSSR count). The van der Waals surface area contributed by atoms with Crippen LogP contribution in [0.15, 0.2) is 42.5 Å². The number of carbonyl (C=O) groups is 1. The van der Waals surface area contributed by atoms with Crippen molar-refractivity contribution in [1.29, 1.82) is 0 Å². The second kappa shape index (κ2) is 8.62. The molecule has 0 aliphatic heterocycles. The molecule has 132 valence electrons. The van der Waals surface area contributed by atoms with E-state index in [1.165, 1.54) is 16.7 Å². The Kier molecular flexibility index (Phi) is 6.53. The molecule has 0 aromatic heterocycles. The van der Waals surface area contributed by atoms with Gasteiger partial charge in [0.05, 0.1) is 18.2 Å². The van der Waals surface area contributed by atoms with Crippen molar-refractivity contribution in [2.45, 2.75) is 33.7 Å². The predicted molar refractivity (Wildman–Crippen MR) is 106 cm³/mol. The van der Waals surface area contributed by atoms with Crippen LogP contribution in [0, 0.1) is 13.8 Å². The topological polar surface area (TPSA) is 50.4 Å². The molecule has 0 aliphatic carbocycles. The van der Waals surface area contributed by atoms with Crippen LogP contribution in [0.1, 0.15) is 46.9 Å². The number of hydrogen-bond acceptors (Lipinski definition) is 3. The van der Waals surface area contributed by atoms with Crippen LogP contribution >= 0.6 is 12.2 Å². The first-order valence-corrected chi connectivity index (χ1v) is 8.73. The van der Waals surface area contributed by atoms with E-state index in [9.17, 15) is 4.79 Å². The van der Waals surface area contributed by atoms with Crippen LogP contribution in [-0.4, -0.2) is 17.7 Å². The SMILES string of the molecule is CCOC(=O)c1ccc(NC(=S)NC(C)c2cc(C)ccc2C)cc1. The zero-order valence-electron chi connectivity index (χ0n) is 15.1. The summed E-state index contributed by atoms with van der Waals surface area (Å²) in [6, 6.07) is 13.5. The van der Waals surface area contributed by atoms with Crippen molar-refractivity contribution in [2.24, 2.45) is 0 Å². The van der Waals surface area contributed by atoms with Crippen molar-refractivity contribution in [3.05, 3.63) is 64.7 Å². The molecule has 0 bridgehead atoms. The van der Waals surface area contributed by atoms with E-state index in [2.05, 4.69) is 49.6 Å². The van der Waals surface area contributed by atoms with E-state index in [4.69, 9.17) is 17.0 Å². The monoisotopic (exact) mass is 356 g/mol. The van der Waals surface area contributed by atoms with Crippen molar-refractivity contribution in [1.82, 2.24) is 5.32 Å². The number of hydrogen-bond donors (Lipinski definition) is 2. The quantitative estimate of drug-likeness (QED) is 0.609. The van der Waals surface area contributed by atoms with E-state index >= 15 is 0 Å². The molecule has 5 heteroatoms. The van der Waals surface area contributed by atoms with Crippen LogP contribution in [0.2, 0.25) is 0 Å². The normalized spacial score (nSPS) is 11.5. The number of thiocarbonyl (C=S) groups is 1. The average Bonchev–Trinajstić information content (AvgIpc) is 2.57. The molecule has 4 nitrogen and oxygen atoms in total.